The highest BCUT2D eigenvalue weighted by Crippen LogP contribution is 2.36. The zero-order valence-corrected chi connectivity index (χ0v) is 23.8. The molecule has 0 radical (unpaired) electrons. The lowest BCUT2D eigenvalue weighted by molar-refractivity contribution is -0.125. The Kier molecular flexibility index (Phi) is 8.71. The number of hydrogen-bond donors (Lipinski definition) is 1. The number of hydrogen-bond acceptors (Lipinski definition) is 5. The third-order valence-electron chi connectivity index (χ3n) is 8.03. The minimum absolute atomic E-state index is 0.209. The topological polar surface area (TPSA) is 114 Å². The van der Waals surface area contributed by atoms with Crippen LogP contribution in [0.1, 0.15) is 66.1 Å². The molecule has 2 aliphatic rings. The van der Waals surface area contributed by atoms with E-state index in [1.807, 2.05) is 6.07 Å². The van der Waals surface area contributed by atoms with Crippen molar-refractivity contribution in [2.24, 2.45) is 5.73 Å². The predicted molar refractivity (Wildman–Crippen MR) is 145 cm³/mol. The van der Waals surface area contributed by atoms with Crippen LogP contribution in [-0.4, -0.2) is 42.1 Å². The zero-order chi connectivity index (χ0) is 31.9. The average molecular weight is 641 g/mol. The van der Waals surface area contributed by atoms with Crippen LogP contribution in [0, 0.1) is 34.9 Å². The molecule has 0 spiro atoms. The number of aromatic nitrogens is 1. The van der Waals surface area contributed by atoms with Crippen molar-refractivity contribution in [1.29, 1.82) is 0 Å². The summed E-state index contributed by atoms with van der Waals surface area (Å²) in [6, 6.07) is 4.77. The van der Waals surface area contributed by atoms with Crippen molar-refractivity contribution in [2.45, 2.75) is 61.9 Å². The zero-order valence-electron chi connectivity index (χ0n) is 23.0. The molecule has 2 N–H and O–H groups in total. The molecule has 234 valence electrons. The number of amides is 2. The van der Waals surface area contributed by atoms with Crippen LogP contribution in [0.25, 0.3) is 0 Å². The maximum atomic E-state index is 15.3. The van der Waals surface area contributed by atoms with E-state index in [2.05, 4.69) is 4.98 Å². The number of benzene rings is 2. The molecule has 3 aromatic rings. The van der Waals surface area contributed by atoms with E-state index < -0.39 is 79.9 Å². The minimum Gasteiger partial charge on any atom is -0.366 e. The fourth-order valence-corrected chi connectivity index (χ4v) is 7.28. The number of nitrogens with zero attached hydrogens (tertiary/aromatic N) is 3. The SMILES string of the molecule is NC(=O)c1ccc(N(Cc2ccc(C3CCCCC3)cn2)C(=O)C2CCN2S(=O)(=O)c2c(F)c(F)c(F)c(F)c2F)c(F)c1. The fraction of sp³-hybridized carbons (Fsp3) is 0.345. The summed E-state index contributed by atoms with van der Waals surface area (Å²) in [6.07, 6.45) is 6.75. The summed E-state index contributed by atoms with van der Waals surface area (Å²) in [5.41, 5.74) is 5.88. The van der Waals surface area contributed by atoms with E-state index in [9.17, 15) is 40.0 Å². The highest BCUT2D eigenvalue weighted by Gasteiger charge is 2.48. The van der Waals surface area contributed by atoms with Crippen molar-refractivity contribution < 1.29 is 44.3 Å². The van der Waals surface area contributed by atoms with Crippen molar-refractivity contribution in [3.8, 4) is 0 Å². The lowest BCUT2D eigenvalue weighted by Gasteiger charge is -2.41. The number of nitrogens with two attached hydrogens (primary N) is 1. The van der Waals surface area contributed by atoms with Crippen molar-refractivity contribution in [3.05, 3.63) is 88.3 Å². The summed E-state index contributed by atoms with van der Waals surface area (Å²) in [5.74, 6) is -15.4. The van der Waals surface area contributed by atoms with E-state index in [0.717, 1.165) is 60.8 Å². The van der Waals surface area contributed by atoms with E-state index in [1.165, 1.54) is 0 Å². The van der Waals surface area contributed by atoms with Crippen LogP contribution in [-0.2, 0) is 21.4 Å². The highest BCUT2D eigenvalue weighted by atomic mass is 32.2. The van der Waals surface area contributed by atoms with Crippen LogP contribution in [0.4, 0.5) is 32.0 Å². The molecule has 2 aromatic carbocycles. The fourth-order valence-electron chi connectivity index (χ4n) is 5.54. The molecule has 1 aliphatic heterocycles. The van der Waals surface area contributed by atoms with Crippen LogP contribution in [0.5, 0.6) is 0 Å². The molecule has 1 aliphatic carbocycles. The molecular formula is C29H26F6N4O4S. The molecule has 1 saturated carbocycles. The summed E-state index contributed by atoms with van der Waals surface area (Å²) < 4.78 is 112. The van der Waals surface area contributed by atoms with Gasteiger partial charge in [0.1, 0.15) is 11.9 Å². The van der Waals surface area contributed by atoms with E-state index in [1.54, 1.807) is 12.3 Å². The number of carbonyl (C=O) groups excluding carboxylic acids is 2. The third kappa shape index (κ3) is 5.65. The number of sulfonamides is 1. The van der Waals surface area contributed by atoms with Gasteiger partial charge in [-0.1, -0.05) is 25.3 Å². The summed E-state index contributed by atoms with van der Waals surface area (Å²) in [6.45, 7) is -0.882. The van der Waals surface area contributed by atoms with Gasteiger partial charge < -0.3 is 10.6 Å². The third-order valence-corrected chi connectivity index (χ3v) is 9.95. The van der Waals surface area contributed by atoms with Crippen LogP contribution in [0.3, 0.4) is 0 Å². The number of carbonyl (C=O) groups is 2. The Morgan fingerprint density at radius 3 is 2.05 bits per heavy atom. The van der Waals surface area contributed by atoms with Crippen molar-refractivity contribution in [2.75, 3.05) is 11.4 Å². The number of rotatable bonds is 8. The van der Waals surface area contributed by atoms with Gasteiger partial charge in [-0.25, -0.2) is 34.8 Å². The van der Waals surface area contributed by atoms with Gasteiger partial charge in [0.25, 0.3) is 0 Å². The first kappa shape index (κ1) is 31.4. The van der Waals surface area contributed by atoms with Gasteiger partial charge in [0.15, 0.2) is 28.2 Å². The lowest BCUT2D eigenvalue weighted by Crippen LogP contribution is -2.59. The van der Waals surface area contributed by atoms with Gasteiger partial charge in [-0.3, -0.25) is 14.6 Å². The second kappa shape index (κ2) is 12.2. The average Bonchev–Trinajstić information content (AvgIpc) is 2.97. The standard InChI is InChI=1S/C29H26F6N4O4S/c30-19-12-16(28(36)40)7-9-20(19)38(14-18-8-6-17(13-37-18)15-4-2-1-3-5-15)29(41)21-10-11-39(21)44(42,43)27-25(34)23(32)22(31)24(33)26(27)35/h6-9,12-13,15,21H,1-5,10-11,14H2,(H2,36,40). The van der Waals surface area contributed by atoms with Crippen LogP contribution < -0.4 is 10.6 Å². The molecule has 2 amide bonds. The summed E-state index contributed by atoms with van der Waals surface area (Å²) in [4.78, 5) is 28.5. The second-order valence-corrected chi connectivity index (χ2v) is 12.5. The van der Waals surface area contributed by atoms with Gasteiger partial charge in [0.05, 0.1) is 17.9 Å². The molecule has 1 atom stereocenters. The molecule has 2 fully saturated rings. The largest absolute Gasteiger partial charge is 0.366 e. The first-order chi connectivity index (χ1) is 20.8. The predicted octanol–water partition coefficient (Wildman–Crippen LogP) is 5.06. The quantitative estimate of drug-likeness (QED) is 0.210. The summed E-state index contributed by atoms with van der Waals surface area (Å²) >= 11 is 0. The monoisotopic (exact) mass is 640 g/mol. The Morgan fingerprint density at radius 1 is 0.886 bits per heavy atom. The van der Waals surface area contributed by atoms with Gasteiger partial charge >= 0.3 is 0 Å². The number of primary amides is 1. The second-order valence-electron chi connectivity index (χ2n) is 10.7. The Morgan fingerprint density at radius 2 is 1.52 bits per heavy atom. The van der Waals surface area contributed by atoms with Crippen molar-refractivity contribution in [1.82, 2.24) is 9.29 Å². The molecule has 1 unspecified atom stereocenters. The summed E-state index contributed by atoms with van der Waals surface area (Å²) in [5, 5.41) is 0. The van der Waals surface area contributed by atoms with Gasteiger partial charge in [0, 0.05) is 18.3 Å². The molecule has 5 rings (SSSR count). The Balaban J connectivity index is 1.49. The summed E-state index contributed by atoms with van der Waals surface area (Å²) in [7, 11) is -5.44. The first-order valence-electron chi connectivity index (χ1n) is 13.7. The lowest BCUT2D eigenvalue weighted by atomic mass is 9.85. The first-order valence-corrected chi connectivity index (χ1v) is 15.2. The molecule has 0 bridgehead atoms. The van der Waals surface area contributed by atoms with Crippen molar-refractivity contribution in [3.63, 3.8) is 0 Å². The minimum atomic E-state index is -5.44. The highest BCUT2D eigenvalue weighted by molar-refractivity contribution is 7.89. The molecule has 8 nitrogen and oxygen atoms in total. The Bertz CT molecular complexity index is 1700. The van der Waals surface area contributed by atoms with E-state index in [-0.39, 0.29) is 28.5 Å². The Labute approximate surface area is 248 Å². The van der Waals surface area contributed by atoms with E-state index in [4.69, 9.17) is 5.73 Å². The Hall–Kier alpha value is -3.98. The van der Waals surface area contributed by atoms with Gasteiger partial charge in [-0.15, -0.1) is 0 Å². The molecule has 15 heteroatoms. The van der Waals surface area contributed by atoms with Gasteiger partial charge in [-0.2, -0.15) is 4.31 Å². The van der Waals surface area contributed by atoms with Gasteiger partial charge in [-0.05, 0) is 55.0 Å². The molecule has 1 saturated heterocycles. The van der Waals surface area contributed by atoms with Crippen molar-refractivity contribution >= 4 is 27.5 Å². The number of anilines is 1. The molecule has 44 heavy (non-hydrogen) atoms. The van der Waals surface area contributed by atoms with Crippen LogP contribution in [0.2, 0.25) is 0 Å². The smallest absolute Gasteiger partial charge is 0.249 e. The molecular weight excluding hydrogens is 614 g/mol. The number of pyridine rings is 1. The maximum Gasteiger partial charge on any atom is 0.249 e. The normalized spacial score (nSPS) is 17.7. The van der Waals surface area contributed by atoms with E-state index in [0.29, 0.717) is 5.92 Å². The van der Waals surface area contributed by atoms with E-state index >= 15 is 4.39 Å². The van der Waals surface area contributed by atoms with Gasteiger partial charge in [0.2, 0.25) is 27.7 Å². The molecule has 2 heterocycles. The number of halogens is 6. The van der Waals surface area contributed by atoms with Crippen LogP contribution >= 0.6 is 0 Å². The van der Waals surface area contributed by atoms with Crippen LogP contribution in [0.15, 0.2) is 41.4 Å². The maximum absolute atomic E-state index is 15.3. The molecule has 1 aromatic heterocycles.